The van der Waals surface area contributed by atoms with E-state index in [2.05, 4.69) is 20.4 Å². The second-order valence-electron chi connectivity index (χ2n) is 5.40. The van der Waals surface area contributed by atoms with Crippen LogP contribution in [0.5, 0.6) is 11.5 Å². The van der Waals surface area contributed by atoms with E-state index < -0.39 is 6.61 Å². The Labute approximate surface area is 182 Å². The zero-order valence-electron chi connectivity index (χ0n) is 16.5. The summed E-state index contributed by atoms with van der Waals surface area (Å²) in [6, 6.07) is 4.84. The Hall–Kier alpha value is -1.40. The van der Waals surface area contributed by atoms with Crippen LogP contribution in [0.25, 0.3) is 0 Å². The van der Waals surface area contributed by atoms with Crippen molar-refractivity contribution in [1.29, 1.82) is 0 Å². The number of methoxy groups -OCH3 is 1. The highest BCUT2D eigenvalue weighted by Crippen LogP contribution is 2.29. The van der Waals surface area contributed by atoms with Gasteiger partial charge in [0.25, 0.3) is 0 Å². The van der Waals surface area contributed by atoms with E-state index in [1.807, 2.05) is 0 Å². The molecule has 0 aliphatic rings. The predicted molar refractivity (Wildman–Crippen MR) is 115 cm³/mol. The molecular weight excluding hydrogens is 487 g/mol. The van der Waals surface area contributed by atoms with Gasteiger partial charge in [0.1, 0.15) is 0 Å². The standard InChI is InChI=1S/C18H29F2N3O4.HI/c1-4-26-16-12-14(6-7-15(16)27-17(19)20)13-23-18(21-2)22-8-5-9-25-11-10-24-3;/h6-7,12,17H,4-5,8-11,13H2,1-3H3,(H2,21,22,23);1H. The Morgan fingerprint density at radius 3 is 2.57 bits per heavy atom. The average Bonchev–Trinajstić information content (AvgIpc) is 2.65. The van der Waals surface area contributed by atoms with Gasteiger partial charge in [-0.2, -0.15) is 8.78 Å². The van der Waals surface area contributed by atoms with Crippen molar-refractivity contribution >= 4 is 29.9 Å². The first kappa shape index (κ1) is 26.6. The monoisotopic (exact) mass is 517 g/mol. The van der Waals surface area contributed by atoms with Crippen molar-refractivity contribution in [2.75, 3.05) is 47.1 Å². The van der Waals surface area contributed by atoms with Gasteiger partial charge < -0.3 is 29.6 Å². The molecule has 0 heterocycles. The molecule has 0 radical (unpaired) electrons. The highest BCUT2D eigenvalue weighted by molar-refractivity contribution is 14.0. The van der Waals surface area contributed by atoms with Crippen LogP contribution in [-0.2, 0) is 16.0 Å². The fourth-order valence-corrected chi connectivity index (χ4v) is 2.16. The zero-order valence-corrected chi connectivity index (χ0v) is 18.8. The number of nitrogens with one attached hydrogen (secondary N) is 2. The molecule has 0 atom stereocenters. The lowest BCUT2D eigenvalue weighted by molar-refractivity contribution is -0.0514. The summed E-state index contributed by atoms with van der Waals surface area (Å²) in [7, 11) is 3.31. The number of alkyl halides is 2. The van der Waals surface area contributed by atoms with E-state index in [1.54, 1.807) is 33.2 Å². The molecule has 0 saturated heterocycles. The molecule has 0 bridgehead atoms. The minimum atomic E-state index is -2.89. The molecular formula is C18H30F2IN3O4. The first-order valence-corrected chi connectivity index (χ1v) is 8.82. The number of guanidine groups is 1. The Morgan fingerprint density at radius 1 is 1.14 bits per heavy atom. The number of nitrogens with zero attached hydrogens (tertiary/aromatic N) is 1. The summed E-state index contributed by atoms with van der Waals surface area (Å²) in [5.41, 5.74) is 0.853. The Morgan fingerprint density at radius 2 is 1.93 bits per heavy atom. The summed E-state index contributed by atoms with van der Waals surface area (Å²) in [5.74, 6) is 0.942. The van der Waals surface area contributed by atoms with Gasteiger partial charge in [-0.15, -0.1) is 24.0 Å². The number of ether oxygens (including phenoxy) is 4. The van der Waals surface area contributed by atoms with Gasteiger partial charge in [-0.05, 0) is 31.0 Å². The maximum atomic E-state index is 12.4. The molecule has 0 aromatic heterocycles. The van der Waals surface area contributed by atoms with E-state index >= 15 is 0 Å². The molecule has 0 spiro atoms. The van der Waals surface area contributed by atoms with Crippen LogP contribution >= 0.6 is 24.0 Å². The van der Waals surface area contributed by atoms with Gasteiger partial charge in [-0.1, -0.05) is 6.07 Å². The Bertz CT molecular complexity index is 566. The summed E-state index contributed by atoms with van der Waals surface area (Å²) in [4.78, 5) is 4.14. The van der Waals surface area contributed by atoms with E-state index in [1.165, 1.54) is 6.07 Å². The SMILES string of the molecule is CCOc1cc(CNC(=NC)NCCCOCCOC)ccc1OC(F)F.I. The number of hydrogen-bond acceptors (Lipinski definition) is 5. The van der Waals surface area contributed by atoms with Crippen molar-refractivity contribution in [3.63, 3.8) is 0 Å². The third kappa shape index (κ3) is 11.4. The van der Waals surface area contributed by atoms with Gasteiger partial charge in [0.2, 0.25) is 0 Å². The smallest absolute Gasteiger partial charge is 0.387 e. The van der Waals surface area contributed by atoms with E-state index in [-0.39, 0.29) is 35.5 Å². The molecule has 7 nitrogen and oxygen atoms in total. The summed E-state index contributed by atoms with van der Waals surface area (Å²) in [6.45, 7) is 2.20. The van der Waals surface area contributed by atoms with Gasteiger partial charge in [0, 0.05) is 33.9 Å². The summed E-state index contributed by atoms with van der Waals surface area (Å²) < 4.78 is 45.0. The van der Waals surface area contributed by atoms with Gasteiger partial charge in [-0.3, -0.25) is 4.99 Å². The topological polar surface area (TPSA) is 73.3 Å². The van der Waals surface area contributed by atoms with Crippen molar-refractivity contribution in [1.82, 2.24) is 10.6 Å². The molecule has 0 aliphatic carbocycles. The number of halogens is 3. The van der Waals surface area contributed by atoms with Gasteiger partial charge in [0.05, 0.1) is 19.8 Å². The molecule has 0 saturated carbocycles. The summed E-state index contributed by atoms with van der Waals surface area (Å²) in [6.07, 6.45) is 0.832. The van der Waals surface area contributed by atoms with Crippen molar-refractivity contribution in [3.05, 3.63) is 23.8 Å². The van der Waals surface area contributed by atoms with Gasteiger partial charge >= 0.3 is 6.61 Å². The highest BCUT2D eigenvalue weighted by atomic mass is 127. The maximum absolute atomic E-state index is 12.4. The summed E-state index contributed by atoms with van der Waals surface area (Å²) in [5, 5.41) is 6.34. The highest BCUT2D eigenvalue weighted by Gasteiger charge is 2.11. The molecule has 28 heavy (non-hydrogen) atoms. The number of aliphatic imine (C=N–C) groups is 1. The molecule has 162 valence electrons. The van der Waals surface area contributed by atoms with E-state index in [9.17, 15) is 8.78 Å². The van der Waals surface area contributed by atoms with E-state index in [4.69, 9.17) is 14.2 Å². The number of hydrogen-bond donors (Lipinski definition) is 2. The van der Waals surface area contributed by atoms with Crippen LogP contribution in [0.2, 0.25) is 0 Å². The Kier molecular flexibility index (Phi) is 15.7. The van der Waals surface area contributed by atoms with Crippen molar-refractivity contribution < 1.29 is 27.7 Å². The second-order valence-corrected chi connectivity index (χ2v) is 5.40. The summed E-state index contributed by atoms with van der Waals surface area (Å²) >= 11 is 0. The first-order valence-electron chi connectivity index (χ1n) is 8.82. The molecule has 1 rings (SSSR count). The van der Waals surface area contributed by atoms with Crippen LogP contribution in [0.3, 0.4) is 0 Å². The molecule has 0 unspecified atom stereocenters. The first-order chi connectivity index (χ1) is 13.1. The van der Waals surface area contributed by atoms with Gasteiger partial charge in [0.15, 0.2) is 17.5 Å². The van der Waals surface area contributed by atoms with Crippen LogP contribution in [-0.4, -0.2) is 59.7 Å². The number of rotatable bonds is 13. The number of benzene rings is 1. The van der Waals surface area contributed by atoms with Crippen LogP contribution in [0, 0.1) is 0 Å². The average molecular weight is 517 g/mol. The molecule has 0 fully saturated rings. The quantitative estimate of drug-likeness (QED) is 0.182. The second kappa shape index (κ2) is 16.5. The van der Waals surface area contributed by atoms with Crippen LogP contribution in [0.4, 0.5) is 8.78 Å². The lowest BCUT2D eigenvalue weighted by Gasteiger charge is -2.15. The molecule has 0 amide bonds. The van der Waals surface area contributed by atoms with Crippen LogP contribution in [0.15, 0.2) is 23.2 Å². The molecule has 2 N–H and O–H groups in total. The fraction of sp³-hybridized carbons (Fsp3) is 0.611. The van der Waals surface area contributed by atoms with Crippen LogP contribution < -0.4 is 20.1 Å². The molecule has 0 aliphatic heterocycles. The zero-order chi connectivity index (χ0) is 19.9. The normalized spacial score (nSPS) is 11.1. The third-order valence-corrected chi connectivity index (χ3v) is 3.40. The lowest BCUT2D eigenvalue weighted by Crippen LogP contribution is -2.37. The minimum absolute atomic E-state index is 0. The van der Waals surface area contributed by atoms with Gasteiger partial charge in [-0.25, -0.2) is 0 Å². The minimum Gasteiger partial charge on any atom is -0.490 e. The lowest BCUT2D eigenvalue weighted by atomic mass is 10.2. The van der Waals surface area contributed by atoms with Crippen LogP contribution in [0.1, 0.15) is 18.9 Å². The predicted octanol–water partition coefficient (Wildman–Crippen LogP) is 3.02. The van der Waals surface area contributed by atoms with E-state index in [0.717, 1.165) is 12.0 Å². The van der Waals surface area contributed by atoms with Crippen molar-refractivity contribution in [2.45, 2.75) is 26.5 Å². The molecule has 1 aromatic rings. The van der Waals surface area contributed by atoms with Crippen molar-refractivity contribution in [2.24, 2.45) is 4.99 Å². The molecule has 1 aromatic carbocycles. The Balaban J connectivity index is 0.00000729. The van der Waals surface area contributed by atoms with E-state index in [0.29, 0.717) is 45.5 Å². The fourth-order valence-electron chi connectivity index (χ4n) is 2.16. The largest absolute Gasteiger partial charge is 0.490 e. The van der Waals surface area contributed by atoms with Crippen molar-refractivity contribution in [3.8, 4) is 11.5 Å². The maximum Gasteiger partial charge on any atom is 0.387 e. The third-order valence-electron chi connectivity index (χ3n) is 3.40. The molecule has 10 heteroatoms.